The summed E-state index contributed by atoms with van der Waals surface area (Å²) in [6.45, 7) is 10.3. The summed E-state index contributed by atoms with van der Waals surface area (Å²) in [6.07, 6.45) is 1.64. The maximum atomic E-state index is 12.1. The van der Waals surface area contributed by atoms with Gasteiger partial charge in [-0.3, -0.25) is 4.79 Å². The molecule has 2 aromatic heterocycles. The summed E-state index contributed by atoms with van der Waals surface area (Å²) < 4.78 is 0. The fourth-order valence-corrected chi connectivity index (χ4v) is 3.66. The van der Waals surface area contributed by atoms with Crippen molar-refractivity contribution >= 4 is 33.3 Å². The molecule has 3 heterocycles. The first kappa shape index (κ1) is 16.1. The maximum Gasteiger partial charge on any atom is 0.275 e. The zero-order chi connectivity index (χ0) is 16.4. The molecule has 124 valence electrons. The van der Waals surface area contributed by atoms with Crippen molar-refractivity contribution in [1.82, 2.24) is 15.3 Å². The summed E-state index contributed by atoms with van der Waals surface area (Å²) in [6, 6.07) is 2.09. The minimum atomic E-state index is -0.163. The minimum Gasteiger partial charge on any atom is -0.347 e. The highest BCUT2D eigenvalue weighted by Gasteiger charge is 2.25. The molecule has 1 aliphatic heterocycles. The Morgan fingerprint density at radius 2 is 2.09 bits per heavy atom. The number of hydrogen-bond acceptors (Lipinski definition) is 5. The lowest BCUT2D eigenvalue weighted by molar-refractivity contribution is -0.892. The Labute approximate surface area is 140 Å². The fraction of sp³-hybridized carbons (Fsp3) is 0.562. The van der Waals surface area contributed by atoms with Crippen LogP contribution >= 0.6 is 11.3 Å². The Bertz CT molecular complexity index is 685. The second-order valence-corrected chi connectivity index (χ2v) is 7.94. The van der Waals surface area contributed by atoms with E-state index in [4.69, 9.17) is 0 Å². The van der Waals surface area contributed by atoms with Crippen molar-refractivity contribution in [3.05, 3.63) is 17.8 Å². The molecule has 7 heteroatoms. The zero-order valence-corrected chi connectivity index (χ0v) is 14.7. The lowest BCUT2D eigenvalue weighted by Gasteiger charge is -2.33. The number of quaternary nitrogens is 1. The third-order valence-electron chi connectivity index (χ3n) is 3.94. The summed E-state index contributed by atoms with van der Waals surface area (Å²) in [4.78, 5) is 25.5. The lowest BCUT2D eigenvalue weighted by Crippen LogP contribution is -3.16. The number of amides is 1. The average Bonchev–Trinajstić information content (AvgIpc) is 2.94. The maximum absolute atomic E-state index is 12.1. The quantitative estimate of drug-likeness (QED) is 0.848. The molecule has 1 fully saturated rings. The molecule has 0 saturated carbocycles. The molecular weight excluding hydrogens is 310 g/mol. The van der Waals surface area contributed by atoms with Crippen LogP contribution in [0.5, 0.6) is 0 Å². The largest absolute Gasteiger partial charge is 0.347 e. The van der Waals surface area contributed by atoms with Crippen molar-refractivity contribution in [3.63, 3.8) is 0 Å². The Balaban J connectivity index is 1.58. The Morgan fingerprint density at radius 1 is 1.35 bits per heavy atom. The van der Waals surface area contributed by atoms with E-state index in [9.17, 15) is 4.79 Å². The predicted octanol–water partition coefficient (Wildman–Crippen LogP) is 0.311. The lowest BCUT2D eigenvalue weighted by atomic mass is 10.1. The van der Waals surface area contributed by atoms with Crippen LogP contribution in [0.25, 0.3) is 10.2 Å². The van der Waals surface area contributed by atoms with Crippen molar-refractivity contribution < 1.29 is 9.69 Å². The highest BCUT2D eigenvalue weighted by Crippen LogP contribution is 2.26. The molecule has 1 aliphatic rings. The van der Waals surface area contributed by atoms with Crippen LogP contribution in [-0.4, -0.2) is 54.1 Å². The molecule has 1 amide bonds. The van der Waals surface area contributed by atoms with Crippen LogP contribution in [0.4, 0.5) is 5.82 Å². The third kappa shape index (κ3) is 3.97. The van der Waals surface area contributed by atoms with Gasteiger partial charge >= 0.3 is 0 Å². The van der Waals surface area contributed by atoms with Crippen molar-refractivity contribution in [2.24, 2.45) is 0 Å². The number of aromatic nitrogens is 2. The van der Waals surface area contributed by atoms with Crippen LogP contribution in [-0.2, 0) is 4.79 Å². The van der Waals surface area contributed by atoms with E-state index >= 15 is 0 Å². The van der Waals surface area contributed by atoms with Crippen LogP contribution in [0.1, 0.15) is 20.8 Å². The average molecular weight is 334 g/mol. The Morgan fingerprint density at radius 3 is 2.78 bits per heavy atom. The van der Waals surface area contributed by atoms with Gasteiger partial charge in [-0.2, -0.15) is 0 Å². The molecule has 2 aromatic rings. The van der Waals surface area contributed by atoms with Gasteiger partial charge in [0, 0.05) is 5.54 Å². The monoisotopic (exact) mass is 334 g/mol. The smallest absolute Gasteiger partial charge is 0.275 e. The highest BCUT2D eigenvalue weighted by atomic mass is 32.1. The number of carbonyl (C=O) groups excluding carboxylic acids is 1. The van der Waals surface area contributed by atoms with E-state index in [1.165, 1.54) is 4.90 Å². The molecule has 3 rings (SSSR count). The van der Waals surface area contributed by atoms with Crippen LogP contribution in [0.15, 0.2) is 17.8 Å². The molecule has 23 heavy (non-hydrogen) atoms. The first-order valence-electron chi connectivity index (χ1n) is 8.00. The van der Waals surface area contributed by atoms with E-state index in [-0.39, 0.29) is 11.4 Å². The number of hydrogen-bond donors (Lipinski definition) is 2. The number of nitrogens with zero attached hydrogens (tertiary/aromatic N) is 3. The first-order valence-corrected chi connectivity index (χ1v) is 8.88. The molecule has 0 aliphatic carbocycles. The summed E-state index contributed by atoms with van der Waals surface area (Å²) in [5.74, 6) is 1.15. The molecule has 0 radical (unpaired) electrons. The van der Waals surface area contributed by atoms with Gasteiger partial charge in [-0.15, -0.1) is 11.3 Å². The molecule has 1 saturated heterocycles. The van der Waals surface area contributed by atoms with Crippen LogP contribution in [0.2, 0.25) is 0 Å². The van der Waals surface area contributed by atoms with E-state index < -0.39 is 0 Å². The van der Waals surface area contributed by atoms with Gasteiger partial charge < -0.3 is 15.1 Å². The summed E-state index contributed by atoms with van der Waals surface area (Å²) in [7, 11) is 0. The van der Waals surface area contributed by atoms with Gasteiger partial charge in [0.25, 0.3) is 5.91 Å². The summed E-state index contributed by atoms with van der Waals surface area (Å²) in [5.41, 5.74) is -0.163. The van der Waals surface area contributed by atoms with E-state index in [2.05, 4.69) is 31.6 Å². The van der Waals surface area contributed by atoms with Gasteiger partial charge in [0.1, 0.15) is 17.0 Å². The van der Waals surface area contributed by atoms with Gasteiger partial charge in [0.15, 0.2) is 6.54 Å². The number of nitrogens with one attached hydrogen (secondary N) is 2. The van der Waals surface area contributed by atoms with Gasteiger partial charge in [0.05, 0.1) is 31.6 Å². The summed E-state index contributed by atoms with van der Waals surface area (Å²) >= 11 is 1.64. The van der Waals surface area contributed by atoms with Crippen molar-refractivity contribution in [2.75, 3.05) is 37.6 Å². The summed E-state index contributed by atoms with van der Waals surface area (Å²) in [5, 5.41) is 6.23. The number of rotatable bonds is 3. The molecule has 0 atom stereocenters. The predicted molar refractivity (Wildman–Crippen MR) is 93.1 cm³/mol. The van der Waals surface area contributed by atoms with Crippen molar-refractivity contribution in [2.45, 2.75) is 26.3 Å². The second-order valence-electron chi connectivity index (χ2n) is 7.05. The second kappa shape index (κ2) is 6.41. The third-order valence-corrected chi connectivity index (χ3v) is 4.76. The van der Waals surface area contributed by atoms with Crippen molar-refractivity contribution in [1.29, 1.82) is 0 Å². The Kier molecular flexibility index (Phi) is 4.50. The van der Waals surface area contributed by atoms with Gasteiger partial charge in [-0.05, 0) is 32.2 Å². The minimum absolute atomic E-state index is 0.128. The molecule has 0 aromatic carbocycles. The molecule has 0 unspecified atom stereocenters. The van der Waals surface area contributed by atoms with Crippen LogP contribution < -0.4 is 15.1 Å². The molecule has 0 spiro atoms. The standard InChI is InChI=1S/C16H23N5OS/c1-16(2,3)19-13(22)10-20-5-7-21(8-6-20)14-12-4-9-23-15(12)18-11-17-14/h4,9,11H,5-8,10H2,1-3H3,(H,19,22)/p+1. The van der Waals surface area contributed by atoms with Crippen molar-refractivity contribution in [3.8, 4) is 0 Å². The SMILES string of the molecule is CC(C)(C)NC(=O)C[NH+]1CCN(c2ncnc3sccc23)CC1. The molecular formula is C16H24N5OS+. The normalized spacial score (nSPS) is 16.7. The van der Waals surface area contributed by atoms with E-state index in [1.807, 2.05) is 20.8 Å². The van der Waals surface area contributed by atoms with Crippen LogP contribution in [0.3, 0.4) is 0 Å². The number of fused-ring (bicyclic) bond motifs is 1. The van der Waals surface area contributed by atoms with Gasteiger partial charge in [-0.1, -0.05) is 0 Å². The number of thiophene rings is 1. The Hall–Kier alpha value is -1.73. The topological polar surface area (TPSA) is 62.6 Å². The number of anilines is 1. The van der Waals surface area contributed by atoms with E-state index in [1.54, 1.807) is 17.7 Å². The van der Waals surface area contributed by atoms with Gasteiger partial charge in [-0.25, -0.2) is 9.97 Å². The molecule has 0 bridgehead atoms. The molecule has 2 N–H and O–H groups in total. The fourth-order valence-electron chi connectivity index (χ4n) is 2.93. The highest BCUT2D eigenvalue weighted by molar-refractivity contribution is 7.16. The van der Waals surface area contributed by atoms with E-state index in [0.29, 0.717) is 6.54 Å². The molecule has 6 nitrogen and oxygen atoms in total. The number of piperazine rings is 1. The zero-order valence-electron chi connectivity index (χ0n) is 13.9. The van der Waals surface area contributed by atoms with Gasteiger partial charge in [0.2, 0.25) is 0 Å². The van der Waals surface area contributed by atoms with Crippen LogP contribution in [0, 0.1) is 0 Å². The first-order chi connectivity index (χ1) is 10.9. The number of carbonyl (C=O) groups is 1. The van der Waals surface area contributed by atoms with E-state index in [0.717, 1.165) is 42.2 Å².